The molecule has 8 heteroatoms. The van der Waals surface area contributed by atoms with Gasteiger partial charge in [-0.05, 0) is 37.3 Å². The van der Waals surface area contributed by atoms with Crippen molar-refractivity contribution in [1.29, 1.82) is 0 Å². The van der Waals surface area contributed by atoms with Gasteiger partial charge in [-0.1, -0.05) is 23.2 Å². The molecule has 1 aromatic carbocycles. The summed E-state index contributed by atoms with van der Waals surface area (Å²) in [6.45, 7) is 1.74. The van der Waals surface area contributed by atoms with Crippen LogP contribution in [-0.2, 0) is 10.0 Å². The lowest BCUT2D eigenvalue weighted by molar-refractivity contribution is 0.568. The standard InChI is InChI=1S/C12H12Cl2N2O2S2/c1-7(10-3-5-12(14)19-10)16-20(17,18)11-4-2-8(15)6-9(11)13/h2-7,16H,15H2,1H3. The average molecular weight is 351 g/mol. The van der Waals surface area contributed by atoms with Crippen molar-refractivity contribution in [3.8, 4) is 0 Å². The van der Waals surface area contributed by atoms with Gasteiger partial charge >= 0.3 is 0 Å². The highest BCUT2D eigenvalue weighted by Gasteiger charge is 2.22. The van der Waals surface area contributed by atoms with Crippen molar-refractivity contribution >= 4 is 50.2 Å². The molecule has 1 heterocycles. The second kappa shape index (κ2) is 5.91. The molecule has 0 amide bonds. The van der Waals surface area contributed by atoms with E-state index in [1.807, 2.05) is 0 Å². The Morgan fingerprint density at radius 3 is 2.50 bits per heavy atom. The maximum atomic E-state index is 12.3. The maximum Gasteiger partial charge on any atom is 0.242 e. The van der Waals surface area contributed by atoms with E-state index in [1.54, 1.807) is 19.1 Å². The molecule has 1 atom stereocenters. The summed E-state index contributed by atoms with van der Waals surface area (Å²) in [6.07, 6.45) is 0. The van der Waals surface area contributed by atoms with Crippen LogP contribution in [0.2, 0.25) is 9.36 Å². The highest BCUT2D eigenvalue weighted by molar-refractivity contribution is 7.89. The molecule has 0 aliphatic carbocycles. The lowest BCUT2D eigenvalue weighted by Crippen LogP contribution is -2.26. The summed E-state index contributed by atoms with van der Waals surface area (Å²) in [7, 11) is -3.72. The van der Waals surface area contributed by atoms with Crippen molar-refractivity contribution in [1.82, 2.24) is 4.72 Å². The van der Waals surface area contributed by atoms with Crippen molar-refractivity contribution in [2.75, 3.05) is 5.73 Å². The van der Waals surface area contributed by atoms with E-state index >= 15 is 0 Å². The number of nitrogen functional groups attached to an aromatic ring is 1. The molecular weight excluding hydrogens is 339 g/mol. The van der Waals surface area contributed by atoms with Gasteiger partial charge in [-0.15, -0.1) is 11.3 Å². The minimum Gasteiger partial charge on any atom is -0.399 e. The summed E-state index contributed by atoms with van der Waals surface area (Å²) in [5, 5.41) is 0.0916. The van der Waals surface area contributed by atoms with Crippen molar-refractivity contribution in [2.45, 2.75) is 17.9 Å². The molecule has 20 heavy (non-hydrogen) atoms. The number of nitrogens with one attached hydrogen (secondary N) is 1. The summed E-state index contributed by atoms with van der Waals surface area (Å²) in [4.78, 5) is 0.827. The Morgan fingerprint density at radius 1 is 1.25 bits per heavy atom. The van der Waals surface area contributed by atoms with Gasteiger partial charge in [0.25, 0.3) is 0 Å². The molecule has 2 aromatic rings. The van der Waals surface area contributed by atoms with Crippen LogP contribution in [0, 0.1) is 0 Å². The Balaban J connectivity index is 2.27. The van der Waals surface area contributed by atoms with E-state index in [0.29, 0.717) is 10.0 Å². The molecule has 4 nitrogen and oxygen atoms in total. The summed E-state index contributed by atoms with van der Waals surface area (Å²) in [5.74, 6) is 0. The molecule has 0 aliphatic heterocycles. The second-order valence-corrected chi connectivity index (χ2v) is 8.01. The van der Waals surface area contributed by atoms with Crippen molar-refractivity contribution in [2.24, 2.45) is 0 Å². The van der Waals surface area contributed by atoms with Gasteiger partial charge in [0, 0.05) is 10.6 Å². The number of halogens is 2. The molecule has 0 saturated heterocycles. The minimum absolute atomic E-state index is 0.00266. The number of benzene rings is 1. The number of sulfonamides is 1. The van der Waals surface area contributed by atoms with Gasteiger partial charge in [-0.2, -0.15) is 0 Å². The Hall–Kier alpha value is -0.790. The Kier molecular flexibility index (Phi) is 4.61. The predicted molar refractivity (Wildman–Crippen MR) is 83.9 cm³/mol. The van der Waals surface area contributed by atoms with E-state index < -0.39 is 16.1 Å². The molecule has 0 bridgehead atoms. The third kappa shape index (κ3) is 3.45. The zero-order valence-electron chi connectivity index (χ0n) is 10.4. The SMILES string of the molecule is CC(NS(=O)(=O)c1ccc(N)cc1Cl)c1ccc(Cl)s1. The van der Waals surface area contributed by atoms with E-state index in [4.69, 9.17) is 28.9 Å². The van der Waals surface area contributed by atoms with Gasteiger partial charge in [0.05, 0.1) is 15.4 Å². The summed E-state index contributed by atoms with van der Waals surface area (Å²) in [6, 6.07) is 7.39. The van der Waals surface area contributed by atoms with E-state index in [0.717, 1.165) is 4.88 Å². The van der Waals surface area contributed by atoms with Crippen LogP contribution in [0.5, 0.6) is 0 Å². The number of hydrogen-bond acceptors (Lipinski definition) is 4. The minimum atomic E-state index is -3.72. The van der Waals surface area contributed by atoms with E-state index in [-0.39, 0.29) is 9.92 Å². The molecule has 1 unspecified atom stereocenters. The van der Waals surface area contributed by atoms with Crippen LogP contribution in [-0.4, -0.2) is 8.42 Å². The van der Waals surface area contributed by atoms with Gasteiger partial charge in [0.2, 0.25) is 10.0 Å². The van der Waals surface area contributed by atoms with Gasteiger partial charge in [0.15, 0.2) is 0 Å². The monoisotopic (exact) mass is 350 g/mol. The second-order valence-electron chi connectivity index (χ2n) is 4.17. The quantitative estimate of drug-likeness (QED) is 0.826. The van der Waals surface area contributed by atoms with Crippen molar-refractivity contribution in [3.63, 3.8) is 0 Å². The Labute approximate surface area is 131 Å². The Bertz CT molecular complexity index is 729. The van der Waals surface area contributed by atoms with Gasteiger partial charge in [0.1, 0.15) is 4.90 Å². The molecule has 2 rings (SSSR count). The summed E-state index contributed by atoms with van der Waals surface area (Å²) in [5.41, 5.74) is 5.96. The number of rotatable bonds is 4. The zero-order chi connectivity index (χ0) is 14.9. The lowest BCUT2D eigenvalue weighted by Gasteiger charge is -2.13. The molecule has 1 aromatic heterocycles. The van der Waals surface area contributed by atoms with Crippen LogP contribution in [0.1, 0.15) is 17.8 Å². The van der Waals surface area contributed by atoms with Crippen LogP contribution in [0.25, 0.3) is 0 Å². The van der Waals surface area contributed by atoms with Crippen LogP contribution in [0.4, 0.5) is 5.69 Å². The molecule has 0 fully saturated rings. The highest BCUT2D eigenvalue weighted by atomic mass is 35.5. The molecular formula is C12H12Cl2N2O2S2. The third-order valence-electron chi connectivity index (χ3n) is 2.60. The summed E-state index contributed by atoms with van der Waals surface area (Å²) >= 11 is 13.1. The van der Waals surface area contributed by atoms with Crippen molar-refractivity contribution < 1.29 is 8.42 Å². The molecule has 108 valence electrons. The topological polar surface area (TPSA) is 72.2 Å². The third-order valence-corrected chi connectivity index (χ3v) is 6.04. The molecule has 0 saturated carbocycles. The number of thiophene rings is 1. The molecule has 3 N–H and O–H groups in total. The largest absolute Gasteiger partial charge is 0.399 e. The fourth-order valence-corrected chi connectivity index (χ4v) is 4.56. The average Bonchev–Trinajstić information content (AvgIpc) is 2.74. The Morgan fingerprint density at radius 2 is 1.95 bits per heavy atom. The number of anilines is 1. The fraction of sp³-hybridized carbons (Fsp3) is 0.167. The highest BCUT2D eigenvalue weighted by Crippen LogP contribution is 2.29. The van der Waals surface area contributed by atoms with Crippen molar-refractivity contribution in [3.05, 3.63) is 44.6 Å². The predicted octanol–water partition coefficient (Wildman–Crippen LogP) is 3.68. The molecule has 0 aliphatic rings. The first-order chi connectivity index (χ1) is 9.29. The smallest absolute Gasteiger partial charge is 0.242 e. The van der Waals surface area contributed by atoms with Gasteiger partial charge < -0.3 is 5.73 Å². The van der Waals surface area contributed by atoms with E-state index in [1.165, 1.54) is 29.5 Å². The lowest BCUT2D eigenvalue weighted by atomic mass is 10.3. The number of hydrogen-bond donors (Lipinski definition) is 2. The van der Waals surface area contributed by atoms with Crippen LogP contribution in [0.3, 0.4) is 0 Å². The van der Waals surface area contributed by atoms with E-state index in [9.17, 15) is 8.42 Å². The first-order valence-corrected chi connectivity index (χ1v) is 8.68. The summed E-state index contributed by atoms with van der Waals surface area (Å²) < 4.78 is 27.7. The van der Waals surface area contributed by atoms with E-state index in [2.05, 4.69) is 4.72 Å². The van der Waals surface area contributed by atoms with Gasteiger partial charge in [-0.25, -0.2) is 13.1 Å². The van der Waals surface area contributed by atoms with Gasteiger partial charge in [-0.3, -0.25) is 0 Å². The molecule has 0 radical (unpaired) electrons. The normalized spacial score (nSPS) is 13.3. The van der Waals surface area contributed by atoms with Crippen LogP contribution in [0.15, 0.2) is 35.2 Å². The molecule has 0 spiro atoms. The number of nitrogens with two attached hydrogens (primary N) is 1. The fourth-order valence-electron chi connectivity index (χ4n) is 1.65. The van der Waals surface area contributed by atoms with Crippen LogP contribution >= 0.6 is 34.5 Å². The first kappa shape index (κ1) is 15.6. The maximum absolute atomic E-state index is 12.3. The first-order valence-electron chi connectivity index (χ1n) is 5.62. The zero-order valence-corrected chi connectivity index (χ0v) is 13.6. The van der Waals surface area contributed by atoms with Crippen LogP contribution < -0.4 is 10.5 Å².